The van der Waals surface area contributed by atoms with E-state index in [0.29, 0.717) is 17.0 Å². The molecule has 0 bridgehead atoms. The van der Waals surface area contributed by atoms with Crippen LogP contribution in [0.3, 0.4) is 0 Å². The molecule has 0 aliphatic carbocycles. The summed E-state index contributed by atoms with van der Waals surface area (Å²) in [7, 11) is 0. The van der Waals surface area contributed by atoms with Crippen molar-refractivity contribution >= 4 is 23.4 Å². The normalized spacial score (nSPS) is 9.71. The summed E-state index contributed by atoms with van der Waals surface area (Å²) in [6, 6.07) is 16.4. The van der Waals surface area contributed by atoms with E-state index in [1.165, 1.54) is 11.8 Å². The van der Waals surface area contributed by atoms with E-state index in [1.807, 2.05) is 30.5 Å². The summed E-state index contributed by atoms with van der Waals surface area (Å²) >= 11 is 1.52. The van der Waals surface area contributed by atoms with Crippen LogP contribution in [0.2, 0.25) is 0 Å². The van der Waals surface area contributed by atoms with Gasteiger partial charge in [-0.05, 0) is 30.5 Å². The maximum Gasteiger partial charge on any atom is 0.256 e. The summed E-state index contributed by atoms with van der Waals surface area (Å²) in [5.74, 6) is 0.280. The van der Waals surface area contributed by atoms with E-state index < -0.39 is 0 Å². The van der Waals surface area contributed by atoms with E-state index in [9.17, 15) is 4.79 Å². The first-order valence-corrected chi connectivity index (χ1v) is 7.52. The number of nitriles is 1. The number of thioether (sulfide) groups is 1. The molecule has 106 valence electrons. The first-order valence-electron chi connectivity index (χ1n) is 6.29. The smallest absolute Gasteiger partial charge is 0.256 e. The quantitative estimate of drug-likeness (QED) is 0.857. The molecule has 0 aromatic heterocycles. The molecule has 1 amide bonds. The summed E-state index contributed by atoms with van der Waals surface area (Å²) in [6.07, 6.45) is 1.93. The highest BCUT2D eigenvalue weighted by molar-refractivity contribution is 7.98. The number of ether oxygens (including phenoxy) is 1. The SMILES string of the molecule is CSc1ccccc1C(=O)Nc1ccccc1OCC#N. The highest BCUT2D eigenvalue weighted by Gasteiger charge is 2.12. The minimum absolute atomic E-state index is 0.0612. The van der Waals surface area contributed by atoms with Crippen molar-refractivity contribution in [3.05, 3.63) is 54.1 Å². The summed E-state index contributed by atoms with van der Waals surface area (Å²) in [5, 5.41) is 11.4. The number of carbonyl (C=O) groups is 1. The predicted molar refractivity (Wildman–Crippen MR) is 83.7 cm³/mol. The monoisotopic (exact) mass is 298 g/mol. The van der Waals surface area contributed by atoms with Crippen molar-refractivity contribution in [1.82, 2.24) is 0 Å². The molecule has 2 rings (SSSR count). The molecule has 0 fully saturated rings. The van der Waals surface area contributed by atoms with E-state index in [1.54, 1.807) is 30.3 Å². The number of hydrogen-bond acceptors (Lipinski definition) is 4. The second-order valence-corrected chi connectivity index (χ2v) is 4.95. The van der Waals surface area contributed by atoms with Gasteiger partial charge in [-0.15, -0.1) is 11.8 Å². The number of nitrogens with one attached hydrogen (secondary N) is 1. The zero-order chi connectivity index (χ0) is 15.1. The van der Waals surface area contributed by atoms with Crippen LogP contribution in [0.4, 0.5) is 5.69 Å². The molecule has 0 unspecified atom stereocenters. The number of anilines is 1. The number of amides is 1. The summed E-state index contributed by atoms with van der Waals surface area (Å²) in [6.45, 7) is -0.0612. The van der Waals surface area contributed by atoms with Gasteiger partial charge < -0.3 is 10.1 Å². The number of nitrogens with zero attached hydrogens (tertiary/aromatic N) is 1. The van der Waals surface area contributed by atoms with Crippen LogP contribution in [0.25, 0.3) is 0 Å². The van der Waals surface area contributed by atoms with Crippen LogP contribution in [0.1, 0.15) is 10.4 Å². The lowest BCUT2D eigenvalue weighted by atomic mass is 10.2. The van der Waals surface area contributed by atoms with E-state index in [4.69, 9.17) is 10.00 Å². The van der Waals surface area contributed by atoms with E-state index >= 15 is 0 Å². The van der Waals surface area contributed by atoms with Crippen LogP contribution in [0.15, 0.2) is 53.4 Å². The molecule has 1 N–H and O–H groups in total. The van der Waals surface area contributed by atoms with Gasteiger partial charge in [0, 0.05) is 4.90 Å². The second kappa shape index (κ2) is 7.36. The van der Waals surface area contributed by atoms with Gasteiger partial charge in [0.1, 0.15) is 11.8 Å². The van der Waals surface area contributed by atoms with E-state index in [-0.39, 0.29) is 12.5 Å². The number of carbonyl (C=O) groups excluding carboxylic acids is 1. The highest BCUT2D eigenvalue weighted by atomic mass is 32.2. The van der Waals surface area contributed by atoms with Crippen LogP contribution in [-0.4, -0.2) is 18.8 Å². The average Bonchev–Trinajstić information content (AvgIpc) is 2.54. The number of para-hydroxylation sites is 2. The van der Waals surface area contributed by atoms with Crippen molar-refractivity contribution in [3.63, 3.8) is 0 Å². The molecule has 5 heteroatoms. The summed E-state index contributed by atoms with van der Waals surface area (Å²) in [4.78, 5) is 13.3. The molecular formula is C16H14N2O2S. The standard InChI is InChI=1S/C16H14N2O2S/c1-21-15-9-5-2-6-12(15)16(19)18-13-7-3-4-8-14(13)20-11-10-17/h2-9H,11H2,1H3,(H,18,19). The third-order valence-corrected chi connectivity index (χ3v) is 3.57. The molecule has 21 heavy (non-hydrogen) atoms. The topological polar surface area (TPSA) is 62.1 Å². The van der Waals surface area contributed by atoms with Crippen LogP contribution in [-0.2, 0) is 0 Å². The Labute approximate surface area is 127 Å². The zero-order valence-corrected chi connectivity index (χ0v) is 12.3. The molecule has 0 aliphatic rings. The van der Waals surface area contributed by atoms with Gasteiger partial charge in [0.15, 0.2) is 6.61 Å². The molecule has 0 atom stereocenters. The van der Waals surface area contributed by atoms with Gasteiger partial charge in [-0.25, -0.2) is 0 Å². The molecule has 0 radical (unpaired) electrons. The molecule has 2 aromatic rings. The molecular weight excluding hydrogens is 284 g/mol. The maximum absolute atomic E-state index is 12.4. The van der Waals surface area contributed by atoms with E-state index in [2.05, 4.69) is 5.32 Å². The Morgan fingerprint density at radius 2 is 1.95 bits per heavy atom. The third kappa shape index (κ3) is 3.77. The van der Waals surface area contributed by atoms with Crippen molar-refractivity contribution in [3.8, 4) is 11.8 Å². The largest absolute Gasteiger partial charge is 0.477 e. The Kier molecular flexibility index (Phi) is 5.24. The fraction of sp³-hybridized carbons (Fsp3) is 0.125. The molecule has 0 saturated heterocycles. The predicted octanol–water partition coefficient (Wildman–Crippen LogP) is 3.56. The van der Waals surface area contributed by atoms with Gasteiger partial charge in [-0.2, -0.15) is 5.26 Å². The Morgan fingerprint density at radius 3 is 2.71 bits per heavy atom. The summed E-state index contributed by atoms with van der Waals surface area (Å²) in [5.41, 5.74) is 1.16. The fourth-order valence-corrected chi connectivity index (χ4v) is 2.42. The minimum Gasteiger partial charge on any atom is -0.477 e. The third-order valence-electron chi connectivity index (χ3n) is 2.78. The Morgan fingerprint density at radius 1 is 1.24 bits per heavy atom. The molecule has 4 nitrogen and oxygen atoms in total. The Balaban J connectivity index is 2.22. The fourth-order valence-electron chi connectivity index (χ4n) is 1.83. The molecule has 2 aromatic carbocycles. The molecule has 0 aliphatic heterocycles. The van der Waals surface area contributed by atoms with Crippen LogP contribution < -0.4 is 10.1 Å². The van der Waals surface area contributed by atoms with Crippen molar-refractivity contribution < 1.29 is 9.53 Å². The number of benzene rings is 2. The van der Waals surface area contributed by atoms with Gasteiger partial charge in [0.25, 0.3) is 5.91 Å². The Hall–Kier alpha value is -2.45. The van der Waals surface area contributed by atoms with Crippen LogP contribution in [0, 0.1) is 11.3 Å². The van der Waals surface area contributed by atoms with Crippen molar-refractivity contribution in [2.75, 3.05) is 18.2 Å². The average molecular weight is 298 g/mol. The van der Waals surface area contributed by atoms with Crippen molar-refractivity contribution in [1.29, 1.82) is 5.26 Å². The number of rotatable bonds is 5. The van der Waals surface area contributed by atoms with Gasteiger partial charge in [0.05, 0.1) is 11.3 Å². The number of hydrogen-bond donors (Lipinski definition) is 1. The van der Waals surface area contributed by atoms with Gasteiger partial charge in [-0.3, -0.25) is 4.79 Å². The Bertz CT molecular complexity index is 680. The van der Waals surface area contributed by atoms with Gasteiger partial charge >= 0.3 is 0 Å². The van der Waals surface area contributed by atoms with Gasteiger partial charge in [-0.1, -0.05) is 24.3 Å². The lowest BCUT2D eigenvalue weighted by molar-refractivity contribution is 0.102. The first-order chi connectivity index (χ1) is 10.3. The first kappa shape index (κ1) is 14.9. The van der Waals surface area contributed by atoms with Crippen molar-refractivity contribution in [2.24, 2.45) is 0 Å². The van der Waals surface area contributed by atoms with Gasteiger partial charge in [0.2, 0.25) is 0 Å². The van der Waals surface area contributed by atoms with Crippen LogP contribution in [0.5, 0.6) is 5.75 Å². The molecule has 0 spiro atoms. The zero-order valence-electron chi connectivity index (χ0n) is 11.5. The second-order valence-electron chi connectivity index (χ2n) is 4.10. The lowest BCUT2D eigenvalue weighted by Gasteiger charge is -2.12. The highest BCUT2D eigenvalue weighted by Crippen LogP contribution is 2.26. The minimum atomic E-state index is -0.201. The maximum atomic E-state index is 12.4. The van der Waals surface area contributed by atoms with Crippen LogP contribution >= 0.6 is 11.8 Å². The van der Waals surface area contributed by atoms with E-state index in [0.717, 1.165) is 4.90 Å². The van der Waals surface area contributed by atoms with Crippen molar-refractivity contribution in [2.45, 2.75) is 4.90 Å². The summed E-state index contributed by atoms with van der Waals surface area (Å²) < 4.78 is 5.30. The molecule has 0 saturated carbocycles. The lowest BCUT2D eigenvalue weighted by Crippen LogP contribution is -2.14. The molecule has 0 heterocycles.